The first-order valence-corrected chi connectivity index (χ1v) is 7.28. The van der Waals surface area contributed by atoms with Crippen LogP contribution in [0, 0.1) is 0 Å². The molecule has 0 radical (unpaired) electrons. The number of hydrogen-bond donors (Lipinski definition) is 1. The Morgan fingerprint density at radius 3 is 2.82 bits per heavy atom. The van der Waals surface area contributed by atoms with Crippen LogP contribution in [0.25, 0.3) is 0 Å². The van der Waals surface area contributed by atoms with Crippen LogP contribution in [0.3, 0.4) is 0 Å². The van der Waals surface area contributed by atoms with E-state index < -0.39 is 0 Å². The van der Waals surface area contributed by atoms with Gasteiger partial charge in [0.2, 0.25) is 0 Å². The summed E-state index contributed by atoms with van der Waals surface area (Å²) >= 11 is 1.83. The second kappa shape index (κ2) is 4.94. The largest absolute Gasteiger partial charge is 0.357 e. The molecule has 96 valence electrons. The lowest BCUT2D eigenvalue weighted by Crippen LogP contribution is -2.30. The lowest BCUT2D eigenvalue weighted by molar-refractivity contribution is 0.256. The molecule has 0 saturated carbocycles. The summed E-state index contributed by atoms with van der Waals surface area (Å²) in [6.07, 6.45) is 2.35. The zero-order valence-corrected chi connectivity index (χ0v) is 12.2. The van der Waals surface area contributed by atoms with Crippen molar-refractivity contribution in [2.24, 2.45) is 0 Å². The van der Waals surface area contributed by atoms with Crippen molar-refractivity contribution in [2.75, 3.05) is 18.4 Å². The summed E-state index contributed by atoms with van der Waals surface area (Å²) in [4.78, 5) is 8.70. The summed E-state index contributed by atoms with van der Waals surface area (Å²) < 4.78 is 0. The molecule has 1 aromatic rings. The summed E-state index contributed by atoms with van der Waals surface area (Å²) in [5.41, 5.74) is 1.41. The molecule has 0 bridgehead atoms. The predicted molar refractivity (Wildman–Crippen MR) is 74.8 cm³/mol. The van der Waals surface area contributed by atoms with E-state index in [1.165, 1.54) is 30.1 Å². The normalized spacial score (nSPS) is 16.9. The van der Waals surface area contributed by atoms with Gasteiger partial charge in [-0.1, -0.05) is 6.92 Å². The van der Waals surface area contributed by atoms with Gasteiger partial charge in [0, 0.05) is 29.9 Å². The van der Waals surface area contributed by atoms with Crippen molar-refractivity contribution in [3.8, 4) is 0 Å². The number of nitrogens with one attached hydrogen (secondary N) is 1. The van der Waals surface area contributed by atoms with E-state index in [2.05, 4.69) is 37.9 Å². The number of nitrogens with zero attached hydrogens (tertiary/aromatic N) is 2. The first kappa shape index (κ1) is 12.8. The van der Waals surface area contributed by atoms with Gasteiger partial charge in [-0.25, -0.2) is 4.98 Å². The van der Waals surface area contributed by atoms with Crippen molar-refractivity contribution in [3.63, 3.8) is 0 Å². The smallest absolute Gasteiger partial charge is 0.183 e. The van der Waals surface area contributed by atoms with Crippen LogP contribution in [0.5, 0.6) is 0 Å². The lowest BCUT2D eigenvalue weighted by atomic mass is 10.1. The van der Waals surface area contributed by atoms with E-state index >= 15 is 0 Å². The maximum atomic E-state index is 4.71. The monoisotopic (exact) mass is 253 g/mol. The third-order valence-corrected chi connectivity index (χ3v) is 3.83. The van der Waals surface area contributed by atoms with Crippen LogP contribution in [-0.4, -0.2) is 28.5 Å². The Morgan fingerprint density at radius 1 is 1.41 bits per heavy atom. The fourth-order valence-corrected chi connectivity index (χ4v) is 3.39. The minimum absolute atomic E-state index is 0.101. The molecule has 1 N–H and O–H groups in total. The van der Waals surface area contributed by atoms with Crippen molar-refractivity contribution in [3.05, 3.63) is 10.6 Å². The Labute approximate surface area is 108 Å². The highest BCUT2D eigenvalue weighted by Crippen LogP contribution is 2.29. The van der Waals surface area contributed by atoms with Gasteiger partial charge in [-0.2, -0.15) is 0 Å². The van der Waals surface area contributed by atoms with Gasteiger partial charge in [0.25, 0.3) is 0 Å². The molecule has 1 aliphatic rings. The molecule has 1 aromatic heterocycles. The Balaban J connectivity index is 2.07. The fraction of sp³-hybridized carbons (Fsp3) is 0.769. The molecule has 17 heavy (non-hydrogen) atoms. The lowest BCUT2D eigenvalue weighted by Gasteiger charge is -2.24. The highest BCUT2D eigenvalue weighted by molar-refractivity contribution is 7.15. The first-order valence-electron chi connectivity index (χ1n) is 6.47. The molecular formula is C13H23N3S. The molecule has 3 nitrogen and oxygen atoms in total. The van der Waals surface area contributed by atoms with Crippen LogP contribution >= 0.6 is 11.3 Å². The molecule has 1 aliphatic heterocycles. The summed E-state index contributed by atoms with van der Waals surface area (Å²) in [5.74, 6) is 0. The van der Waals surface area contributed by atoms with Gasteiger partial charge in [-0.05, 0) is 33.7 Å². The first-order chi connectivity index (χ1) is 7.98. The number of hydrogen-bond acceptors (Lipinski definition) is 4. The van der Waals surface area contributed by atoms with Crippen molar-refractivity contribution in [2.45, 2.75) is 52.6 Å². The van der Waals surface area contributed by atoms with Crippen molar-refractivity contribution in [1.29, 1.82) is 0 Å². The average Bonchev–Trinajstić information content (AvgIpc) is 2.56. The van der Waals surface area contributed by atoms with E-state index in [4.69, 9.17) is 4.98 Å². The minimum atomic E-state index is 0.101. The SMILES string of the molecule is CCCN1CCc2nc(NC(C)(C)C)sc2C1. The minimum Gasteiger partial charge on any atom is -0.357 e. The molecule has 4 heteroatoms. The zero-order chi connectivity index (χ0) is 12.5. The molecule has 2 heterocycles. The number of anilines is 1. The van der Waals surface area contributed by atoms with Gasteiger partial charge in [0.1, 0.15) is 0 Å². The maximum absolute atomic E-state index is 4.71. The Hall–Kier alpha value is -0.610. The Morgan fingerprint density at radius 2 is 2.18 bits per heavy atom. The number of thiazole rings is 1. The zero-order valence-electron chi connectivity index (χ0n) is 11.3. The van der Waals surface area contributed by atoms with Crippen LogP contribution in [0.4, 0.5) is 5.13 Å². The van der Waals surface area contributed by atoms with Crippen LogP contribution in [0.1, 0.15) is 44.7 Å². The van der Waals surface area contributed by atoms with Gasteiger partial charge in [0.05, 0.1) is 5.69 Å². The topological polar surface area (TPSA) is 28.2 Å². The van der Waals surface area contributed by atoms with Gasteiger partial charge < -0.3 is 5.32 Å². The quantitative estimate of drug-likeness (QED) is 0.897. The van der Waals surface area contributed by atoms with E-state index in [0.29, 0.717) is 0 Å². The fourth-order valence-electron chi connectivity index (χ4n) is 2.13. The van der Waals surface area contributed by atoms with Gasteiger partial charge in [0.15, 0.2) is 5.13 Å². The van der Waals surface area contributed by atoms with Crippen molar-refractivity contribution >= 4 is 16.5 Å². The summed E-state index contributed by atoms with van der Waals surface area (Å²) in [5, 5.41) is 4.56. The summed E-state index contributed by atoms with van der Waals surface area (Å²) in [7, 11) is 0. The average molecular weight is 253 g/mol. The highest BCUT2D eigenvalue weighted by Gasteiger charge is 2.21. The Kier molecular flexibility index (Phi) is 3.73. The molecular weight excluding hydrogens is 230 g/mol. The summed E-state index contributed by atoms with van der Waals surface area (Å²) in [6, 6.07) is 0. The van der Waals surface area contributed by atoms with Crippen LogP contribution in [0.15, 0.2) is 0 Å². The standard InChI is InChI=1S/C13H23N3S/c1-5-7-16-8-6-10-11(9-16)17-12(14-10)15-13(2,3)4/h5-9H2,1-4H3,(H,14,15). The molecule has 0 amide bonds. The second-order valence-electron chi connectivity index (χ2n) is 5.79. The van der Waals surface area contributed by atoms with Gasteiger partial charge in [-0.3, -0.25) is 4.90 Å². The molecule has 0 aromatic carbocycles. The molecule has 0 aliphatic carbocycles. The predicted octanol–water partition coefficient (Wildman–Crippen LogP) is 3.12. The summed E-state index contributed by atoms with van der Waals surface area (Å²) in [6.45, 7) is 12.2. The maximum Gasteiger partial charge on any atom is 0.183 e. The number of fused-ring (bicyclic) bond motifs is 1. The van der Waals surface area contributed by atoms with Gasteiger partial charge in [-0.15, -0.1) is 11.3 Å². The van der Waals surface area contributed by atoms with Crippen molar-refractivity contribution < 1.29 is 0 Å². The highest BCUT2D eigenvalue weighted by atomic mass is 32.1. The van der Waals surface area contributed by atoms with Crippen LogP contribution in [0.2, 0.25) is 0 Å². The number of aromatic nitrogens is 1. The molecule has 0 fully saturated rings. The van der Waals surface area contributed by atoms with E-state index in [0.717, 1.165) is 18.1 Å². The second-order valence-corrected chi connectivity index (χ2v) is 6.87. The van der Waals surface area contributed by atoms with Crippen LogP contribution in [-0.2, 0) is 13.0 Å². The molecule has 0 spiro atoms. The third-order valence-electron chi connectivity index (χ3n) is 2.83. The van der Waals surface area contributed by atoms with Crippen molar-refractivity contribution in [1.82, 2.24) is 9.88 Å². The van der Waals surface area contributed by atoms with E-state index in [-0.39, 0.29) is 5.54 Å². The molecule has 0 atom stereocenters. The third kappa shape index (κ3) is 3.42. The van der Waals surface area contributed by atoms with E-state index in [9.17, 15) is 0 Å². The van der Waals surface area contributed by atoms with E-state index in [1.54, 1.807) is 0 Å². The Bertz CT molecular complexity index is 379. The molecule has 0 saturated heterocycles. The van der Waals surface area contributed by atoms with Gasteiger partial charge >= 0.3 is 0 Å². The van der Waals surface area contributed by atoms with Crippen LogP contribution < -0.4 is 5.32 Å². The molecule has 0 unspecified atom stereocenters. The number of rotatable bonds is 3. The molecule has 2 rings (SSSR count). The van der Waals surface area contributed by atoms with E-state index in [1.807, 2.05) is 11.3 Å².